The number of hydrogen-bond acceptors (Lipinski definition) is 3. The van der Waals surface area contributed by atoms with Gasteiger partial charge in [0.1, 0.15) is 6.04 Å². The van der Waals surface area contributed by atoms with E-state index < -0.39 is 18.0 Å². The monoisotopic (exact) mass is 309 g/mol. The van der Waals surface area contributed by atoms with Gasteiger partial charge in [0, 0.05) is 11.3 Å². The van der Waals surface area contributed by atoms with Crippen LogP contribution in [0.2, 0.25) is 0 Å². The SMILES string of the molecule is Cc1ccccc1C(=O)Nc1cccc(C2NC(=O)NC2=O)c1. The molecule has 1 heterocycles. The maximum atomic E-state index is 12.3. The molecule has 1 saturated heterocycles. The number of carbonyl (C=O) groups excluding carboxylic acids is 3. The van der Waals surface area contributed by atoms with E-state index in [0.717, 1.165) is 5.56 Å². The third-order valence-corrected chi connectivity index (χ3v) is 3.64. The standard InChI is InChI=1S/C17H15N3O3/c1-10-5-2-3-8-13(10)15(21)18-12-7-4-6-11(9-12)14-16(22)20-17(23)19-14/h2-9,14H,1H3,(H,18,21)(H2,19,20,22,23). The van der Waals surface area contributed by atoms with Gasteiger partial charge in [0.25, 0.3) is 11.8 Å². The van der Waals surface area contributed by atoms with E-state index in [1.807, 2.05) is 19.1 Å². The van der Waals surface area contributed by atoms with E-state index in [1.54, 1.807) is 36.4 Å². The normalized spacial score (nSPS) is 16.7. The van der Waals surface area contributed by atoms with Gasteiger partial charge in [-0.25, -0.2) is 4.79 Å². The summed E-state index contributed by atoms with van der Waals surface area (Å²) in [6.07, 6.45) is 0. The summed E-state index contributed by atoms with van der Waals surface area (Å²) in [5.41, 5.74) is 2.63. The smallest absolute Gasteiger partial charge is 0.322 e. The fourth-order valence-corrected chi connectivity index (χ4v) is 2.47. The average Bonchev–Trinajstić information content (AvgIpc) is 2.86. The van der Waals surface area contributed by atoms with Gasteiger partial charge in [-0.05, 0) is 36.2 Å². The molecule has 2 aromatic carbocycles. The number of benzene rings is 2. The lowest BCUT2D eigenvalue weighted by Crippen LogP contribution is -2.22. The lowest BCUT2D eigenvalue weighted by molar-refractivity contribution is -0.120. The van der Waals surface area contributed by atoms with Crippen LogP contribution in [-0.4, -0.2) is 17.8 Å². The Bertz CT molecular complexity index is 801. The minimum atomic E-state index is -0.738. The first-order valence-corrected chi connectivity index (χ1v) is 7.13. The average molecular weight is 309 g/mol. The zero-order valence-electron chi connectivity index (χ0n) is 12.4. The van der Waals surface area contributed by atoms with Crippen LogP contribution in [0.15, 0.2) is 48.5 Å². The Hall–Kier alpha value is -3.15. The maximum absolute atomic E-state index is 12.3. The number of imide groups is 1. The summed E-state index contributed by atoms with van der Waals surface area (Å²) < 4.78 is 0. The lowest BCUT2D eigenvalue weighted by atomic mass is 10.1. The van der Waals surface area contributed by atoms with Crippen LogP contribution >= 0.6 is 0 Å². The molecular formula is C17H15N3O3. The lowest BCUT2D eigenvalue weighted by Gasteiger charge is -2.11. The van der Waals surface area contributed by atoms with Crippen LogP contribution < -0.4 is 16.0 Å². The molecule has 1 unspecified atom stereocenters. The zero-order valence-corrected chi connectivity index (χ0v) is 12.4. The molecule has 3 rings (SSSR count). The van der Waals surface area contributed by atoms with Gasteiger partial charge in [-0.15, -0.1) is 0 Å². The van der Waals surface area contributed by atoms with E-state index in [-0.39, 0.29) is 5.91 Å². The molecule has 0 radical (unpaired) electrons. The summed E-state index contributed by atoms with van der Waals surface area (Å²) in [6, 6.07) is 12.9. The van der Waals surface area contributed by atoms with E-state index in [2.05, 4.69) is 16.0 Å². The van der Waals surface area contributed by atoms with Crippen molar-refractivity contribution in [1.29, 1.82) is 0 Å². The van der Waals surface area contributed by atoms with Gasteiger partial charge in [0.15, 0.2) is 0 Å². The summed E-state index contributed by atoms with van der Waals surface area (Å²) >= 11 is 0. The molecule has 116 valence electrons. The second-order valence-corrected chi connectivity index (χ2v) is 5.29. The van der Waals surface area contributed by atoms with Gasteiger partial charge in [0.05, 0.1) is 0 Å². The van der Waals surface area contributed by atoms with Crippen molar-refractivity contribution in [3.63, 3.8) is 0 Å². The Morgan fingerprint density at radius 3 is 2.57 bits per heavy atom. The first-order chi connectivity index (χ1) is 11.0. The topological polar surface area (TPSA) is 87.3 Å². The fraction of sp³-hybridized carbons (Fsp3) is 0.118. The van der Waals surface area contributed by atoms with Crippen LogP contribution in [0, 0.1) is 6.92 Å². The van der Waals surface area contributed by atoms with Gasteiger partial charge in [-0.2, -0.15) is 0 Å². The Labute approximate surface area is 132 Å². The van der Waals surface area contributed by atoms with E-state index in [9.17, 15) is 14.4 Å². The van der Waals surface area contributed by atoms with Crippen LogP contribution in [0.4, 0.5) is 10.5 Å². The molecule has 0 aromatic heterocycles. The first-order valence-electron chi connectivity index (χ1n) is 7.13. The van der Waals surface area contributed by atoms with Crippen molar-refractivity contribution >= 4 is 23.5 Å². The van der Waals surface area contributed by atoms with Crippen LogP contribution in [0.1, 0.15) is 27.5 Å². The van der Waals surface area contributed by atoms with E-state index in [0.29, 0.717) is 16.8 Å². The summed E-state index contributed by atoms with van der Waals surface area (Å²) in [7, 11) is 0. The number of amides is 4. The Balaban J connectivity index is 1.81. The molecule has 1 aliphatic rings. The molecule has 0 bridgehead atoms. The summed E-state index contributed by atoms with van der Waals surface area (Å²) in [6.45, 7) is 1.86. The number of anilines is 1. The number of carbonyl (C=O) groups is 3. The van der Waals surface area contributed by atoms with Crippen LogP contribution in [0.5, 0.6) is 0 Å². The minimum Gasteiger partial charge on any atom is -0.322 e. The van der Waals surface area contributed by atoms with Gasteiger partial charge in [-0.3, -0.25) is 14.9 Å². The molecule has 4 amide bonds. The molecule has 6 heteroatoms. The Morgan fingerprint density at radius 2 is 1.87 bits per heavy atom. The highest BCUT2D eigenvalue weighted by Crippen LogP contribution is 2.21. The van der Waals surface area contributed by atoms with Gasteiger partial charge in [0.2, 0.25) is 0 Å². The fourth-order valence-electron chi connectivity index (χ4n) is 2.47. The van der Waals surface area contributed by atoms with Crippen LogP contribution in [0.25, 0.3) is 0 Å². The van der Waals surface area contributed by atoms with Crippen molar-refractivity contribution in [1.82, 2.24) is 10.6 Å². The molecule has 3 N–H and O–H groups in total. The van der Waals surface area contributed by atoms with E-state index >= 15 is 0 Å². The number of hydrogen-bond donors (Lipinski definition) is 3. The second kappa shape index (κ2) is 5.92. The summed E-state index contributed by atoms with van der Waals surface area (Å²) in [4.78, 5) is 35.2. The molecule has 6 nitrogen and oxygen atoms in total. The Kier molecular flexibility index (Phi) is 3.80. The first kappa shape index (κ1) is 14.8. The molecule has 2 aromatic rings. The van der Waals surface area contributed by atoms with Crippen molar-refractivity contribution in [2.45, 2.75) is 13.0 Å². The summed E-state index contributed by atoms with van der Waals surface area (Å²) in [5.74, 6) is -0.627. The Morgan fingerprint density at radius 1 is 1.09 bits per heavy atom. The highest BCUT2D eigenvalue weighted by Gasteiger charge is 2.30. The van der Waals surface area contributed by atoms with Gasteiger partial charge in [-0.1, -0.05) is 30.3 Å². The predicted octanol–water partition coefficient (Wildman–Crippen LogP) is 2.13. The van der Waals surface area contributed by atoms with Crippen LogP contribution in [-0.2, 0) is 4.79 Å². The maximum Gasteiger partial charge on any atom is 0.322 e. The second-order valence-electron chi connectivity index (χ2n) is 5.29. The number of nitrogens with one attached hydrogen (secondary N) is 3. The van der Waals surface area contributed by atoms with Crippen molar-refractivity contribution in [2.75, 3.05) is 5.32 Å². The third-order valence-electron chi connectivity index (χ3n) is 3.64. The van der Waals surface area contributed by atoms with Crippen LogP contribution in [0.3, 0.4) is 0 Å². The number of rotatable bonds is 3. The van der Waals surface area contributed by atoms with E-state index in [1.165, 1.54) is 0 Å². The number of urea groups is 1. The van der Waals surface area contributed by atoms with Crippen molar-refractivity contribution < 1.29 is 14.4 Å². The van der Waals surface area contributed by atoms with Crippen molar-refractivity contribution in [2.24, 2.45) is 0 Å². The zero-order chi connectivity index (χ0) is 16.4. The molecule has 0 saturated carbocycles. The molecule has 1 aliphatic heterocycles. The molecule has 1 fully saturated rings. The molecular weight excluding hydrogens is 294 g/mol. The molecule has 0 aliphatic carbocycles. The largest absolute Gasteiger partial charge is 0.322 e. The van der Waals surface area contributed by atoms with Crippen molar-refractivity contribution in [3.05, 3.63) is 65.2 Å². The molecule has 0 spiro atoms. The summed E-state index contributed by atoms with van der Waals surface area (Å²) in [5, 5.41) is 7.52. The van der Waals surface area contributed by atoms with Gasteiger partial charge >= 0.3 is 6.03 Å². The van der Waals surface area contributed by atoms with Crippen molar-refractivity contribution in [3.8, 4) is 0 Å². The quantitative estimate of drug-likeness (QED) is 0.759. The van der Waals surface area contributed by atoms with Gasteiger partial charge < -0.3 is 10.6 Å². The van der Waals surface area contributed by atoms with E-state index in [4.69, 9.17) is 0 Å². The molecule has 1 atom stereocenters. The predicted molar refractivity (Wildman–Crippen MR) is 85.0 cm³/mol. The third kappa shape index (κ3) is 3.06. The molecule has 23 heavy (non-hydrogen) atoms. The highest BCUT2D eigenvalue weighted by atomic mass is 16.2. The highest BCUT2D eigenvalue weighted by molar-refractivity contribution is 6.06. The minimum absolute atomic E-state index is 0.222. The number of aryl methyl sites for hydroxylation is 1.